The molecule has 5 rings (SSSR count). The van der Waals surface area contributed by atoms with Gasteiger partial charge in [0.05, 0.1) is 11.6 Å². The summed E-state index contributed by atoms with van der Waals surface area (Å²) < 4.78 is 46.8. The van der Waals surface area contributed by atoms with Crippen LogP contribution in [0.4, 0.5) is 13.2 Å². The van der Waals surface area contributed by atoms with Crippen molar-refractivity contribution in [3.8, 4) is 11.4 Å². The van der Waals surface area contributed by atoms with Crippen LogP contribution in [-0.2, 0) is 6.54 Å². The van der Waals surface area contributed by atoms with E-state index in [0.717, 1.165) is 5.56 Å². The van der Waals surface area contributed by atoms with Gasteiger partial charge < -0.3 is 14.7 Å². The predicted octanol–water partition coefficient (Wildman–Crippen LogP) is 6.02. The van der Waals surface area contributed by atoms with Crippen molar-refractivity contribution in [3.05, 3.63) is 113 Å². The quantitative estimate of drug-likeness (QED) is 0.344. The van der Waals surface area contributed by atoms with Crippen LogP contribution in [0.3, 0.4) is 0 Å². The number of benzene rings is 3. The lowest BCUT2D eigenvalue weighted by Crippen LogP contribution is -2.45. The Kier molecular flexibility index (Phi) is 6.08. The lowest BCUT2D eigenvalue weighted by molar-refractivity contribution is 0.396. The molecule has 1 unspecified atom stereocenters. The van der Waals surface area contributed by atoms with Crippen molar-refractivity contribution in [2.24, 2.45) is 0 Å². The summed E-state index contributed by atoms with van der Waals surface area (Å²) in [5.74, 6) is -0.738. The standard InChI is InChI=1S/C26H19F3N4OS/c1-15-22(25-31-24(32-34-25)18-5-3-7-21(29)13-18)23(17-4-2-6-20(28)12-17)30-26(35)33(15)14-16-8-10-19(27)11-9-16/h2-13,23H,14H2,1H3,(H,30,35). The highest BCUT2D eigenvalue weighted by Crippen LogP contribution is 2.38. The first-order valence-electron chi connectivity index (χ1n) is 10.8. The van der Waals surface area contributed by atoms with Gasteiger partial charge in [0.2, 0.25) is 5.82 Å². The molecule has 0 amide bonds. The Balaban J connectivity index is 1.60. The number of hydrogen-bond donors (Lipinski definition) is 1. The third-order valence-electron chi connectivity index (χ3n) is 5.77. The number of thiocarbonyl (C=S) groups is 1. The Morgan fingerprint density at radius 3 is 2.37 bits per heavy atom. The van der Waals surface area contributed by atoms with Gasteiger partial charge in [0.25, 0.3) is 5.89 Å². The van der Waals surface area contributed by atoms with E-state index in [4.69, 9.17) is 16.7 Å². The largest absolute Gasteiger partial charge is 0.351 e. The number of rotatable bonds is 5. The summed E-state index contributed by atoms with van der Waals surface area (Å²) >= 11 is 5.64. The van der Waals surface area contributed by atoms with Crippen molar-refractivity contribution in [2.45, 2.75) is 19.5 Å². The molecule has 1 aliphatic rings. The summed E-state index contributed by atoms with van der Waals surface area (Å²) in [5, 5.41) is 7.70. The van der Waals surface area contributed by atoms with Crippen molar-refractivity contribution in [1.29, 1.82) is 0 Å². The van der Waals surface area contributed by atoms with Crippen LogP contribution in [0.25, 0.3) is 17.0 Å². The van der Waals surface area contributed by atoms with Gasteiger partial charge in [-0.3, -0.25) is 0 Å². The van der Waals surface area contributed by atoms with Gasteiger partial charge in [-0.1, -0.05) is 41.6 Å². The van der Waals surface area contributed by atoms with Gasteiger partial charge >= 0.3 is 0 Å². The molecule has 0 fully saturated rings. The van der Waals surface area contributed by atoms with Gasteiger partial charge in [-0.15, -0.1) is 0 Å². The Labute approximate surface area is 204 Å². The van der Waals surface area contributed by atoms with E-state index in [0.29, 0.717) is 34.1 Å². The minimum Gasteiger partial charge on any atom is -0.351 e. The highest BCUT2D eigenvalue weighted by Gasteiger charge is 2.34. The van der Waals surface area contributed by atoms with Crippen molar-refractivity contribution in [3.63, 3.8) is 0 Å². The van der Waals surface area contributed by atoms with Crippen LogP contribution in [0, 0.1) is 17.5 Å². The zero-order chi connectivity index (χ0) is 24.5. The van der Waals surface area contributed by atoms with E-state index in [9.17, 15) is 13.2 Å². The molecule has 0 saturated carbocycles. The maximum Gasteiger partial charge on any atom is 0.258 e. The van der Waals surface area contributed by atoms with Crippen LogP contribution < -0.4 is 5.32 Å². The number of halogens is 3. The van der Waals surface area contributed by atoms with E-state index in [-0.39, 0.29) is 17.5 Å². The molecule has 0 radical (unpaired) electrons. The Hall–Kier alpha value is -3.98. The van der Waals surface area contributed by atoms with Crippen LogP contribution in [-0.4, -0.2) is 20.2 Å². The molecule has 9 heteroatoms. The molecule has 35 heavy (non-hydrogen) atoms. The molecule has 0 aliphatic carbocycles. The van der Waals surface area contributed by atoms with Crippen LogP contribution in [0.1, 0.15) is 30.0 Å². The van der Waals surface area contributed by atoms with E-state index in [1.807, 2.05) is 11.8 Å². The van der Waals surface area contributed by atoms with Gasteiger partial charge in [-0.2, -0.15) is 4.98 Å². The average molecular weight is 493 g/mol. The van der Waals surface area contributed by atoms with Crippen LogP contribution in [0.2, 0.25) is 0 Å². The van der Waals surface area contributed by atoms with Crippen molar-refractivity contribution < 1.29 is 17.7 Å². The van der Waals surface area contributed by atoms with Gasteiger partial charge in [-0.25, -0.2) is 13.2 Å². The highest BCUT2D eigenvalue weighted by atomic mass is 32.1. The highest BCUT2D eigenvalue weighted by molar-refractivity contribution is 7.80. The lowest BCUT2D eigenvalue weighted by Gasteiger charge is -2.37. The van der Waals surface area contributed by atoms with Crippen LogP contribution in [0.5, 0.6) is 0 Å². The maximum atomic E-state index is 14.1. The minimum absolute atomic E-state index is 0.190. The summed E-state index contributed by atoms with van der Waals surface area (Å²) in [4.78, 5) is 6.35. The zero-order valence-corrected chi connectivity index (χ0v) is 19.3. The number of hydrogen-bond acceptors (Lipinski definition) is 4. The molecule has 0 bridgehead atoms. The normalized spacial score (nSPS) is 15.9. The van der Waals surface area contributed by atoms with E-state index in [2.05, 4.69) is 15.5 Å². The van der Waals surface area contributed by atoms with E-state index < -0.39 is 17.7 Å². The topological polar surface area (TPSA) is 54.2 Å². The second kappa shape index (κ2) is 9.34. The fourth-order valence-electron chi connectivity index (χ4n) is 4.04. The van der Waals surface area contributed by atoms with Gasteiger partial charge in [0.15, 0.2) is 5.11 Å². The first kappa shape index (κ1) is 22.8. The van der Waals surface area contributed by atoms with E-state index in [1.165, 1.54) is 36.4 Å². The molecule has 176 valence electrons. The molecule has 3 aromatic carbocycles. The van der Waals surface area contributed by atoms with Crippen LogP contribution in [0.15, 0.2) is 83.0 Å². The molecule has 0 spiro atoms. The fourth-order valence-corrected chi connectivity index (χ4v) is 4.35. The Morgan fingerprint density at radius 2 is 1.66 bits per heavy atom. The number of aromatic nitrogens is 2. The second-order valence-electron chi connectivity index (χ2n) is 8.08. The molecule has 1 atom stereocenters. The van der Waals surface area contributed by atoms with E-state index >= 15 is 0 Å². The van der Waals surface area contributed by atoms with Crippen LogP contribution >= 0.6 is 12.2 Å². The molecule has 4 aromatic rings. The number of nitrogens with one attached hydrogen (secondary N) is 1. The summed E-state index contributed by atoms with van der Waals surface area (Å²) in [5.41, 5.74) is 3.23. The monoisotopic (exact) mass is 492 g/mol. The third kappa shape index (κ3) is 4.67. The Morgan fingerprint density at radius 1 is 0.943 bits per heavy atom. The van der Waals surface area contributed by atoms with Gasteiger partial charge in [0, 0.05) is 17.8 Å². The first-order chi connectivity index (χ1) is 16.9. The summed E-state index contributed by atoms with van der Waals surface area (Å²) in [6.45, 7) is 2.21. The third-order valence-corrected chi connectivity index (χ3v) is 6.11. The number of allylic oxidation sites excluding steroid dienone is 1. The predicted molar refractivity (Wildman–Crippen MR) is 129 cm³/mol. The molecule has 2 heterocycles. The zero-order valence-electron chi connectivity index (χ0n) is 18.5. The molecule has 1 aromatic heterocycles. The second-order valence-corrected chi connectivity index (χ2v) is 8.47. The molecular formula is C26H19F3N4OS. The molecule has 5 nitrogen and oxygen atoms in total. The molecular weight excluding hydrogens is 473 g/mol. The summed E-state index contributed by atoms with van der Waals surface area (Å²) in [6, 6.07) is 17.6. The summed E-state index contributed by atoms with van der Waals surface area (Å²) in [6.07, 6.45) is 0. The first-order valence-corrected chi connectivity index (χ1v) is 11.2. The van der Waals surface area contributed by atoms with Crippen molar-refractivity contribution >= 4 is 22.9 Å². The van der Waals surface area contributed by atoms with Gasteiger partial charge in [-0.05, 0) is 66.7 Å². The lowest BCUT2D eigenvalue weighted by atomic mass is 9.94. The van der Waals surface area contributed by atoms with Gasteiger partial charge in [0.1, 0.15) is 17.5 Å². The van der Waals surface area contributed by atoms with Crippen molar-refractivity contribution in [2.75, 3.05) is 0 Å². The average Bonchev–Trinajstić information content (AvgIpc) is 3.32. The smallest absolute Gasteiger partial charge is 0.258 e. The Bertz CT molecular complexity index is 1430. The maximum absolute atomic E-state index is 14.1. The SMILES string of the molecule is CC1=C(c2nc(-c3cccc(F)c3)no2)C(c2cccc(F)c2)NC(=S)N1Cc1ccc(F)cc1. The van der Waals surface area contributed by atoms with Crippen molar-refractivity contribution in [1.82, 2.24) is 20.4 Å². The summed E-state index contributed by atoms with van der Waals surface area (Å²) in [7, 11) is 0. The number of nitrogens with zero attached hydrogens (tertiary/aromatic N) is 3. The molecule has 0 saturated heterocycles. The molecule has 1 aliphatic heterocycles. The van der Waals surface area contributed by atoms with E-state index in [1.54, 1.807) is 36.4 Å². The fraction of sp³-hybridized carbons (Fsp3) is 0.115. The molecule has 1 N–H and O–H groups in total. The minimum atomic E-state index is -0.566.